The maximum Gasteiger partial charge on any atom is 0.253 e. The Bertz CT molecular complexity index is 1350. The molecule has 0 spiro atoms. The van der Waals surface area contributed by atoms with Crippen LogP contribution in [-0.2, 0) is 11.2 Å². The third-order valence-electron chi connectivity index (χ3n) is 5.48. The van der Waals surface area contributed by atoms with Crippen molar-refractivity contribution in [2.45, 2.75) is 12.5 Å². The zero-order valence-corrected chi connectivity index (χ0v) is 18.2. The molecule has 166 valence electrons. The highest BCUT2D eigenvalue weighted by molar-refractivity contribution is 6.33. The Hall–Kier alpha value is -3.97. The van der Waals surface area contributed by atoms with Crippen molar-refractivity contribution >= 4 is 40.0 Å². The van der Waals surface area contributed by atoms with E-state index in [2.05, 4.69) is 15.6 Å². The van der Waals surface area contributed by atoms with Crippen molar-refractivity contribution in [2.24, 2.45) is 0 Å². The molecule has 1 aliphatic heterocycles. The molecule has 0 aliphatic carbocycles. The minimum atomic E-state index is -0.849. The smallest absolute Gasteiger partial charge is 0.253 e. The summed E-state index contributed by atoms with van der Waals surface area (Å²) in [6.07, 6.45) is 2.14. The van der Waals surface area contributed by atoms with Crippen LogP contribution in [0.2, 0.25) is 5.02 Å². The van der Waals surface area contributed by atoms with Crippen LogP contribution in [0, 0.1) is 0 Å². The van der Waals surface area contributed by atoms with E-state index in [0.717, 1.165) is 16.5 Å². The average molecular weight is 462 g/mol. The number of aromatic nitrogens is 1. The fourth-order valence-electron chi connectivity index (χ4n) is 3.81. The Labute approximate surface area is 194 Å². The number of halogens is 1. The number of rotatable bonds is 6. The number of para-hydroxylation sites is 1. The minimum Gasteiger partial charge on any atom is -0.454 e. The molecule has 1 aliphatic rings. The van der Waals surface area contributed by atoms with Gasteiger partial charge in [-0.15, -0.1) is 0 Å². The van der Waals surface area contributed by atoms with E-state index in [1.807, 2.05) is 30.5 Å². The van der Waals surface area contributed by atoms with Crippen LogP contribution >= 0.6 is 11.6 Å². The van der Waals surface area contributed by atoms with Crippen molar-refractivity contribution in [2.75, 3.05) is 12.1 Å². The molecule has 2 amide bonds. The summed E-state index contributed by atoms with van der Waals surface area (Å²) in [6, 6.07) is 18.8. The second kappa shape index (κ2) is 8.88. The maximum atomic E-state index is 13.3. The quantitative estimate of drug-likeness (QED) is 0.393. The first kappa shape index (κ1) is 20.9. The molecule has 0 radical (unpaired) electrons. The van der Waals surface area contributed by atoms with Crippen LogP contribution in [0.25, 0.3) is 10.9 Å². The maximum absolute atomic E-state index is 13.3. The lowest BCUT2D eigenvalue weighted by Crippen LogP contribution is -2.45. The third kappa shape index (κ3) is 4.36. The van der Waals surface area contributed by atoms with E-state index in [4.69, 9.17) is 21.1 Å². The first-order valence-electron chi connectivity index (χ1n) is 10.4. The van der Waals surface area contributed by atoms with Gasteiger partial charge in [0.05, 0.1) is 10.6 Å². The van der Waals surface area contributed by atoms with Crippen LogP contribution in [0.4, 0.5) is 5.69 Å². The molecule has 2 heterocycles. The molecular weight excluding hydrogens is 442 g/mol. The van der Waals surface area contributed by atoms with E-state index in [9.17, 15) is 9.59 Å². The van der Waals surface area contributed by atoms with Crippen LogP contribution in [0.5, 0.6) is 11.5 Å². The molecule has 0 saturated heterocycles. The fraction of sp³-hybridized carbons (Fsp3) is 0.120. The summed E-state index contributed by atoms with van der Waals surface area (Å²) in [6.45, 7) is 0.143. The molecule has 1 aromatic heterocycles. The van der Waals surface area contributed by atoms with Crippen LogP contribution in [0.3, 0.4) is 0 Å². The SMILES string of the molecule is O=C(N[C@H](Cc1c[nH]c2ccccc12)C(=O)Nc1ccc2c(c1)OCO2)c1ccccc1Cl. The molecule has 5 rings (SSSR count). The monoisotopic (exact) mass is 461 g/mol. The summed E-state index contributed by atoms with van der Waals surface area (Å²) >= 11 is 6.19. The number of carbonyl (C=O) groups excluding carboxylic acids is 2. The van der Waals surface area contributed by atoms with Gasteiger partial charge in [-0.1, -0.05) is 41.9 Å². The Kier molecular flexibility index (Phi) is 5.62. The van der Waals surface area contributed by atoms with Crippen molar-refractivity contribution in [1.82, 2.24) is 10.3 Å². The number of anilines is 1. The number of aromatic amines is 1. The standard InChI is InChI=1S/C25H20ClN3O4/c26-19-7-3-1-6-18(19)24(30)29-21(11-15-13-27-20-8-4-2-5-17(15)20)25(31)28-16-9-10-22-23(12-16)33-14-32-22/h1-10,12-13,21,27H,11,14H2,(H,28,31)(H,29,30)/t21-/m1/s1. The summed E-state index contributed by atoms with van der Waals surface area (Å²) in [7, 11) is 0. The number of nitrogens with one attached hydrogen (secondary N) is 3. The zero-order chi connectivity index (χ0) is 22.8. The number of H-pyrrole nitrogens is 1. The van der Waals surface area contributed by atoms with Gasteiger partial charge in [-0.2, -0.15) is 0 Å². The Morgan fingerprint density at radius 2 is 1.79 bits per heavy atom. The average Bonchev–Trinajstić information content (AvgIpc) is 3.45. The summed E-state index contributed by atoms with van der Waals surface area (Å²) in [4.78, 5) is 29.5. The van der Waals surface area contributed by atoms with Gasteiger partial charge in [0.1, 0.15) is 6.04 Å². The molecule has 1 atom stereocenters. The van der Waals surface area contributed by atoms with Gasteiger partial charge in [0.25, 0.3) is 5.91 Å². The largest absolute Gasteiger partial charge is 0.454 e. The van der Waals surface area contributed by atoms with E-state index < -0.39 is 11.9 Å². The van der Waals surface area contributed by atoms with Gasteiger partial charge < -0.3 is 25.1 Å². The van der Waals surface area contributed by atoms with Crippen molar-refractivity contribution in [1.29, 1.82) is 0 Å². The third-order valence-corrected chi connectivity index (χ3v) is 5.81. The molecule has 4 aromatic rings. The molecule has 3 aromatic carbocycles. The molecule has 0 fully saturated rings. The zero-order valence-electron chi connectivity index (χ0n) is 17.4. The lowest BCUT2D eigenvalue weighted by molar-refractivity contribution is -0.118. The van der Waals surface area contributed by atoms with E-state index in [1.165, 1.54) is 0 Å². The molecule has 7 nitrogen and oxygen atoms in total. The molecule has 0 bridgehead atoms. The van der Waals surface area contributed by atoms with Crippen LogP contribution in [0.15, 0.2) is 72.9 Å². The lowest BCUT2D eigenvalue weighted by Gasteiger charge is -2.19. The molecular formula is C25H20ClN3O4. The van der Waals surface area contributed by atoms with Crippen LogP contribution in [-0.4, -0.2) is 29.6 Å². The summed E-state index contributed by atoms with van der Waals surface area (Å²) in [5.74, 6) is 0.391. The highest BCUT2D eigenvalue weighted by Crippen LogP contribution is 2.34. The minimum absolute atomic E-state index is 0.143. The number of carbonyl (C=O) groups is 2. The summed E-state index contributed by atoms with van der Waals surface area (Å²) in [5, 5.41) is 7.02. The van der Waals surface area contributed by atoms with Crippen LogP contribution < -0.4 is 20.1 Å². The summed E-state index contributed by atoms with van der Waals surface area (Å²) < 4.78 is 10.7. The van der Waals surface area contributed by atoms with Gasteiger partial charge >= 0.3 is 0 Å². The molecule has 0 saturated carbocycles. The van der Waals surface area contributed by atoms with Crippen molar-refractivity contribution in [3.63, 3.8) is 0 Å². The van der Waals surface area contributed by atoms with Crippen molar-refractivity contribution < 1.29 is 19.1 Å². The van der Waals surface area contributed by atoms with Crippen LogP contribution in [0.1, 0.15) is 15.9 Å². The number of hydrogen-bond acceptors (Lipinski definition) is 4. The van der Waals surface area contributed by atoms with E-state index in [-0.39, 0.29) is 19.1 Å². The molecule has 33 heavy (non-hydrogen) atoms. The van der Waals surface area contributed by atoms with E-state index in [1.54, 1.807) is 42.5 Å². The number of ether oxygens (including phenoxy) is 2. The van der Waals surface area contributed by atoms with E-state index in [0.29, 0.717) is 27.8 Å². The Morgan fingerprint density at radius 3 is 2.67 bits per heavy atom. The highest BCUT2D eigenvalue weighted by Gasteiger charge is 2.25. The highest BCUT2D eigenvalue weighted by atomic mass is 35.5. The molecule has 3 N–H and O–H groups in total. The number of amides is 2. The topological polar surface area (TPSA) is 92.5 Å². The lowest BCUT2D eigenvalue weighted by atomic mass is 10.0. The first-order chi connectivity index (χ1) is 16.1. The number of fused-ring (bicyclic) bond motifs is 2. The predicted octanol–water partition coefficient (Wildman–Crippen LogP) is 4.53. The van der Waals surface area contributed by atoms with E-state index >= 15 is 0 Å². The van der Waals surface area contributed by atoms with Crippen molar-refractivity contribution in [3.05, 3.63) is 89.1 Å². The Morgan fingerprint density at radius 1 is 1.00 bits per heavy atom. The van der Waals surface area contributed by atoms with Gasteiger partial charge in [-0.25, -0.2) is 0 Å². The van der Waals surface area contributed by atoms with Crippen molar-refractivity contribution in [3.8, 4) is 11.5 Å². The second-order valence-electron chi connectivity index (χ2n) is 7.63. The Balaban J connectivity index is 1.41. The summed E-state index contributed by atoms with van der Waals surface area (Å²) in [5.41, 5.74) is 2.72. The van der Waals surface area contributed by atoms with Gasteiger partial charge in [0.2, 0.25) is 12.7 Å². The predicted molar refractivity (Wildman–Crippen MR) is 126 cm³/mol. The normalized spacial score (nSPS) is 13.0. The molecule has 8 heteroatoms. The first-order valence-corrected chi connectivity index (χ1v) is 10.8. The van der Waals surface area contributed by atoms with Gasteiger partial charge in [0.15, 0.2) is 11.5 Å². The van der Waals surface area contributed by atoms with Gasteiger partial charge in [-0.05, 0) is 35.9 Å². The van der Waals surface area contributed by atoms with Gasteiger partial charge in [-0.3, -0.25) is 9.59 Å². The second-order valence-corrected chi connectivity index (χ2v) is 8.03. The fourth-order valence-corrected chi connectivity index (χ4v) is 4.04. The number of hydrogen-bond donors (Lipinski definition) is 3. The van der Waals surface area contributed by atoms with Gasteiger partial charge in [0, 0.05) is 35.3 Å². The molecule has 0 unspecified atom stereocenters. The number of benzene rings is 3.